The van der Waals surface area contributed by atoms with E-state index in [9.17, 15) is 9.59 Å². The van der Waals surface area contributed by atoms with Crippen molar-refractivity contribution in [3.05, 3.63) is 35.5 Å². The molecule has 0 aromatic heterocycles. The van der Waals surface area contributed by atoms with Crippen LogP contribution in [0.2, 0.25) is 0 Å². The van der Waals surface area contributed by atoms with Crippen molar-refractivity contribution in [2.24, 2.45) is 0 Å². The number of rotatable bonds is 0. The highest BCUT2D eigenvalue weighted by atomic mass is 16.1. The monoisotopic (exact) mass is 146 g/mol. The third kappa shape index (κ3) is 0.792. The van der Waals surface area contributed by atoms with Crippen LogP contribution in [-0.4, -0.2) is 11.6 Å². The predicted molar refractivity (Wildman–Crippen MR) is 39.9 cm³/mol. The molecule has 0 saturated carbocycles. The summed E-state index contributed by atoms with van der Waals surface area (Å²) in [7, 11) is 0. The maximum atomic E-state index is 11.1. The molecular weight excluding hydrogens is 140 g/mol. The first-order valence-corrected chi connectivity index (χ1v) is 3.45. The van der Waals surface area contributed by atoms with E-state index in [1.807, 2.05) is 0 Å². The smallest absolute Gasteiger partial charge is 0.186 e. The number of allylic oxidation sites excluding steroid dienone is 6. The van der Waals surface area contributed by atoms with Crippen LogP contribution in [0.15, 0.2) is 35.5 Å². The number of ketones is 2. The zero-order chi connectivity index (χ0) is 7.84. The van der Waals surface area contributed by atoms with Crippen molar-refractivity contribution in [3.63, 3.8) is 0 Å². The molecule has 0 aromatic rings. The lowest BCUT2D eigenvalue weighted by Crippen LogP contribution is -2.06. The van der Waals surface area contributed by atoms with Crippen molar-refractivity contribution in [3.8, 4) is 0 Å². The van der Waals surface area contributed by atoms with Gasteiger partial charge in [0.15, 0.2) is 11.6 Å². The minimum absolute atomic E-state index is 0.0459. The molecule has 0 fully saturated rings. The van der Waals surface area contributed by atoms with Crippen LogP contribution in [0, 0.1) is 0 Å². The average molecular weight is 146 g/mol. The standard InChI is InChI=1S/C9H6O2/c10-8-3-1-2-6-7(8)4-5-9(6)11/h1-2,4-5H,3H2. The third-order valence-electron chi connectivity index (χ3n) is 1.85. The number of hydrogen-bond donors (Lipinski definition) is 0. The van der Waals surface area contributed by atoms with Crippen LogP contribution in [0.4, 0.5) is 0 Å². The molecule has 0 unspecified atom stereocenters. The Bertz CT molecular complexity index is 329. The largest absolute Gasteiger partial charge is 0.294 e. The molecule has 11 heavy (non-hydrogen) atoms. The summed E-state index contributed by atoms with van der Waals surface area (Å²) in [4.78, 5) is 22.1. The van der Waals surface area contributed by atoms with Crippen LogP contribution in [0.5, 0.6) is 0 Å². The summed E-state index contributed by atoms with van der Waals surface area (Å²) in [5.41, 5.74) is 1.14. The highest BCUT2D eigenvalue weighted by Gasteiger charge is 2.22. The summed E-state index contributed by atoms with van der Waals surface area (Å²) in [5, 5.41) is 0. The van der Waals surface area contributed by atoms with E-state index in [1.165, 1.54) is 6.08 Å². The van der Waals surface area contributed by atoms with Gasteiger partial charge in [-0.1, -0.05) is 12.2 Å². The molecule has 2 nitrogen and oxygen atoms in total. The van der Waals surface area contributed by atoms with Crippen LogP contribution < -0.4 is 0 Å². The molecule has 0 saturated heterocycles. The molecule has 0 heterocycles. The first-order valence-electron chi connectivity index (χ1n) is 3.45. The van der Waals surface area contributed by atoms with Gasteiger partial charge < -0.3 is 0 Å². The van der Waals surface area contributed by atoms with E-state index in [2.05, 4.69) is 0 Å². The maximum Gasteiger partial charge on any atom is 0.186 e. The number of Topliss-reactive ketones (excluding diaryl/α,β-unsaturated/α-hetero) is 1. The van der Waals surface area contributed by atoms with Gasteiger partial charge in [0, 0.05) is 17.6 Å². The molecule has 2 heteroatoms. The summed E-state index contributed by atoms with van der Waals surface area (Å²) in [5.74, 6) is -0.00565. The average Bonchev–Trinajstić information content (AvgIpc) is 2.35. The van der Waals surface area contributed by atoms with Crippen LogP contribution in [0.1, 0.15) is 6.42 Å². The molecule has 2 aliphatic carbocycles. The van der Waals surface area contributed by atoms with Gasteiger partial charge >= 0.3 is 0 Å². The Balaban J connectivity index is 2.56. The second-order valence-corrected chi connectivity index (χ2v) is 2.55. The van der Waals surface area contributed by atoms with Crippen LogP contribution in [-0.2, 0) is 9.59 Å². The fraction of sp³-hybridized carbons (Fsp3) is 0.111. The molecular formula is C9H6O2. The normalized spacial score (nSPS) is 21.5. The summed E-state index contributed by atoms with van der Waals surface area (Å²) in [6, 6.07) is 0. The topological polar surface area (TPSA) is 34.1 Å². The summed E-state index contributed by atoms with van der Waals surface area (Å²) in [6.45, 7) is 0. The first kappa shape index (κ1) is 6.28. The molecule has 0 amide bonds. The Morgan fingerprint density at radius 2 is 1.82 bits per heavy atom. The molecule has 0 spiro atoms. The molecule has 0 bridgehead atoms. The first-order chi connectivity index (χ1) is 5.29. The molecule has 2 rings (SSSR count). The fourth-order valence-electron chi connectivity index (χ4n) is 1.28. The van der Waals surface area contributed by atoms with E-state index in [0.29, 0.717) is 17.6 Å². The minimum Gasteiger partial charge on any atom is -0.294 e. The number of carbonyl (C=O) groups is 2. The van der Waals surface area contributed by atoms with Gasteiger partial charge in [0.25, 0.3) is 0 Å². The number of carbonyl (C=O) groups excluding carboxylic acids is 2. The van der Waals surface area contributed by atoms with E-state index in [1.54, 1.807) is 18.2 Å². The number of hydrogen-bond acceptors (Lipinski definition) is 2. The van der Waals surface area contributed by atoms with Crippen molar-refractivity contribution in [1.29, 1.82) is 0 Å². The van der Waals surface area contributed by atoms with Gasteiger partial charge in [-0.3, -0.25) is 9.59 Å². The van der Waals surface area contributed by atoms with Crippen LogP contribution in [0.25, 0.3) is 0 Å². The maximum absolute atomic E-state index is 11.1. The Morgan fingerprint density at radius 1 is 1.00 bits per heavy atom. The molecule has 0 radical (unpaired) electrons. The highest BCUT2D eigenvalue weighted by Crippen LogP contribution is 2.22. The van der Waals surface area contributed by atoms with E-state index in [0.717, 1.165) is 0 Å². The van der Waals surface area contributed by atoms with Gasteiger partial charge in [-0.25, -0.2) is 0 Å². The third-order valence-corrected chi connectivity index (χ3v) is 1.85. The van der Waals surface area contributed by atoms with Gasteiger partial charge in [-0.2, -0.15) is 0 Å². The highest BCUT2D eigenvalue weighted by molar-refractivity contribution is 6.19. The molecule has 0 N–H and O–H groups in total. The lowest BCUT2D eigenvalue weighted by atomic mass is 9.99. The van der Waals surface area contributed by atoms with Gasteiger partial charge in [-0.05, 0) is 12.2 Å². The lowest BCUT2D eigenvalue weighted by molar-refractivity contribution is -0.115. The van der Waals surface area contributed by atoms with Crippen molar-refractivity contribution in [2.45, 2.75) is 6.42 Å². The Hall–Kier alpha value is -1.44. The quantitative estimate of drug-likeness (QED) is 0.510. The second kappa shape index (κ2) is 2.02. The molecule has 0 atom stereocenters. The lowest BCUT2D eigenvalue weighted by Gasteiger charge is -2.03. The minimum atomic E-state index is -0.0516. The van der Waals surface area contributed by atoms with Crippen molar-refractivity contribution >= 4 is 11.6 Å². The van der Waals surface area contributed by atoms with Gasteiger partial charge in [-0.15, -0.1) is 0 Å². The Labute approximate surface area is 63.9 Å². The van der Waals surface area contributed by atoms with E-state index < -0.39 is 0 Å². The van der Waals surface area contributed by atoms with Crippen molar-refractivity contribution in [1.82, 2.24) is 0 Å². The molecule has 54 valence electrons. The molecule has 0 aromatic carbocycles. The zero-order valence-corrected chi connectivity index (χ0v) is 5.83. The van der Waals surface area contributed by atoms with E-state index in [-0.39, 0.29) is 11.6 Å². The van der Waals surface area contributed by atoms with Crippen LogP contribution >= 0.6 is 0 Å². The summed E-state index contributed by atoms with van der Waals surface area (Å²) < 4.78 is 0. The zero-order valence-electron chi connectivity index (χ0n) is 5.83. The predicted octanol–water partition coefficient (Wildman–Crippen LogP) is 0.951. The Kier molecular flexibility index (Phi) is 1.15. The van der Waals surface area contributed by atoms with E-state index in [4.69, 9.17) is 0 Å². The van der Waals surface area contributed by atoms with Crippen LogP contribution in [0.3, 0.4) is 0 Å². The summed E-state index contributed by atoms with van der Waals surface area (Å²) >= 11 is 0. The molecule has 0 aliphatic heterocycles. The van der Waals surface area contributed by atoms with Gasteiger partial charge in [0.1, 0.15) is 0 Å². The fourth-order valence-corrected chi connectivity index (χ4v) is 1.28. The second-order valence-electron chi connectivity index (χ2n) is 2.55. The molecule has 2 aliphatic rings. The van der Waals surface area contributed by atoms with Crippen molar-refractivity contribution < 1.29 is 9.59 Å². The summed E-state index contributed by atoms with van der Waals surface area (Å²) in [6.07, 6.45) is 6.92. The Morgan fingerprint density at radius 3 is 2.55 bits per heavy atom. The van der Waals surface area contributed by atoms with E-state index >= 15 is 0 Å². The van der Waals surface area contributed by atoms with Gasteiger partial charge in [0.2, 0.25) is 0 Å². The SMILES string of the molecule is O=C1C=CC2=C1C=CCC2=O. The van der Waals surface area contributed by atoms with Gasteiger partial charge in [0.05, 0.1) is 0 Å². The van der Waals surface area contributed by atoms with Crippen molar-refractivity contribution in [2.75, 3.05) is 0 Å².